The van der Waals surface area contributed by atoms with E-state index in [4.69, 9.17) is 0 Å². The first-order valence-corrected chi connectivity index (χ1v) is 9.85. The zero-order chi connectivity index (χ0) is 19.1. The summed E-state index contributed by atoms with van der Waals surface area (Å²) in [5.74, 6) is -0.156. The molecule has 0 saturated heterocycles. The molecule has 27 heavy (non-hydrogen) atoms. The molecule has 3 aromatic rings. The van der Waals surface area contributed by atoms with Crippen molar-refractivity contribution in [3.8, 4) is 11.3 Å². The average Bonchev–Trinajstić information content (AvgIpc) is 3.17. The Kier molecular flexibility index (Phi) is 6.39. The van der Waals surface area contributed by atoms with Crippen molar-refractivity contribution in [2.75, 3.05) is 17.2 Å². The third-order valence-electron chi connectivity index (χ3n) is 4.25. The van der Waals surface area contributed by atoms with Crippen LogP contribution in [0.2, 0.25) is 0 Å². The van der Waals surface area contributed by atoms with E-state index in [1.54, 1.807) is 17.4 Å². The number of thiazole rings is 1. The molecule has 0 radical (unpaired) electrons. The number of benzene rings is 2. The van der Waals surface area contributed by atoms with Crippen LogP contribution in [0.5, 0.6) is 0 Å². The molecule has 2 N–H and O–H groups in total. The summed E-state index contributed by atoms with van der Waals surface area (Å²) in [5, 5.41) is 9.10. The van der Waals surface area contributed by atoms with Gasteiger partial charge < -0.3 is 10.6 Å². The summed E-state index contributed by atoms with van der Waals surface area (Å²) in [6, 6.07) is 17.7. The monoisotopic (exact) mass is 377 g/mol. The van der Waals surface area contributed by atoms with Crippen LogP contribution in [-0.4, -0.2) is 17.4 Å². The third-order valence-corrected chi connectivity index (χ3v) is 5.05. The lowest BCUT2D eigenvalue weighted by Gasteiger charge is -2.15. The predicted molar refractivity (Wildman–Crippen MR) is 114 cm³/mol. The van der Waals surface area contributed by atoms with Crippen molar-refractivity contribution < 1.29 is 4.79 Å². The van der Waals surface area contributed by atoms with Crippen LogP contribution < -0.4 is 10.6 Å². The Morgan fingerprint density at radius 1 is 1.22 bits per heavy atom. The van der Waals surface area contributed by atoms with Gasteiger partial charge in [-0.3, -0.25) is 4.79 Å². The molecule has 0 fully saturated rings. The molecule has 4 nitrogen and oxygen atoms in total. The Labute approximate surface area is 164 Å². The Hall–Kier alpha value is -2.92. The Morgan fingerprint density at radius 3 is 2.78 bits per heavy atom. The Bertz CT molecular complexity index is 905. The van der Waals surface area contributed by atoms with Gasteiger partial charge in [-0.25, -0.2) is 4.98 Å². The van der Waals surface area contributed by atoms with E-state index in [2.05, 4.69) is 22.2 Å². The molecule has 1 aromatic heterocycles. The van der Waals surface area contributed by atoms with E-state index in [9.17, 15) is 4.79 Å². The molecule has 3 rings (SSSR count). The second-order valence-corrected chi connectivity index (χ2v) is 7.01. The molecule has 2 aromatic carbocycles. The minimum Gasteiger partial charge on any atom is -0.358 e. The molecule has 138 valence electrons. The van der Waals surface area contributed by atoms with Gasteiger partial charge in [0.25, 0.3) is 0 Å². The minimum absolute atomic E-state index is 0.00691. The molecule has 1 atom stereocenters. The number of anilines is 2. The van der Waals surface area contributed by atoms with Gasteiger partial charge in [0, 0.05) is 23.2 Å². The molecule has 5 heteroatoms. The molecule has 0 saturated carbocycles. The van der Waals surface area contributed by atoms with Gasteiger partial charge in [-0.05, 0) is 24.1 Å². The lowest BCUT2D eigenvalue weighted by atomic mass is 9.95. The van der Waals surface area contributed by atoms with Crippen LogP contribution in [-0.2, 0) is 4.79 Å². The zero-order valence-corrected chi connectivity index (χ0v) is 16.1. The van der Waals surface area contributed by atoms with E-state index in [0.717, 1.165) is 34.1 Å². The van der Waals surface area contributed by atoms with E-state index in [-0.39, 0.29) is 11.8 Å². The Morgan fingerprint density at radius 2 is 2.04 bits per heavy atom. The van der Waals surface area contributed by atoms with Crippen LogP contribution in [0.3, 0.4) is 0 Å². The predicted octanol–water partition coefficient (Wildman–Crippen LogP) is 5.54. The molecular formula is C22H23N3OS. The van der Waals surface area contributed by atoms with Crippen LogP contribution in [0.4, 0.5) is 10.8 Å². The molecule has 0 bridgehead atoms. The van der Waals surface area contributed by atoms with Crippen LogP contribution in [0.1, 0.15) is 24.8 Å². The summed E-state index contributed by atoms with van der Waals surface area (Å²) < 4.78 is 0. The van der Waals surface area contributed by atoms with Gasteiger partial charge in [0.05, 0.1) is 11.6 Å². The topological polar surface area (TPSA) is 54.0 Å². The van der Waals surface area contributed by atoms with Crippen molar-refractivity contribution in [2.45, 2.75) is 19.3 Å². The van der Waals surface area contributed by atoms with Gasteiger partial charge >= 0.3 is 0 Å². The highest BCUT2D eigenvalue weighted by atomic mass is 32.1. The summed E-state index contributed by atoms with van der Waals surface area (Å²) in [7, 11) is 0. The van der Waals surface area contributed by atoms with Crippen LogP contribution in [0.25, 0.3) is 11.3 Å². The number of aromatic nitrogens is 1. The maximum Gasteiger partial charge on any atom is 0.231 e. The van der Waals surface area contributed by atoms with Crippen LogP contribution >= 0.6 is 11.3 Å². The number of carbonyl (C=O) groups is 1. The van der Waals surface area contributed by atoms with Crippen molar-refractivity contribution in [3.05, 3.63) is 78.2 Å². The highest BCUT2D eigenvalue weighted by Gasteiger charge is 2.18. The number of hydrogen-bond donors (Lipinski definition) is 2. The molecule has 1 amide bonds. The van der Waals surface area contributed by atoms with Crippen molar-refractivity contribution in [3.63, 3.8) is 0 Å². The summed E-state index contributed by atoms with van der Waals surface area (Å²) >= 11 is 1.55. The number of nitrogens with zero attached hydrogens (tertiary/aromatic N) is 1. The van der Waals surface area contributed by atoms with E-state index in [1.807, 2.05) is 66.9 Å². The summed E-state index contributed by atoms with van der Waals surface area (Å²) in [6.45, 7) is 6.41. The minimum atomic E-state index is -0.163. The Balaban J connectivity index is 1.74. The highest BCUT2D eigenvalue weighted by Crippen LogP contribution is 2.28. The molecular weight excluding hydrogens is 354 g/mol. The number of nitrogens with one attached hydrogen (secondary N) is 2. The van der Waals surface area contributed by atoms with Crippen molar-refractivity contribution in [1.82, 2.24) is 4.98 Å². The SMILES string of the molecule is C=CCNc1nc(-c2cccc(NC(=O)C(CC)c3ccccc3)c2)cs1. The number of hydrogen-bond acceptors (Lipinski definition) is 4. The largest absolute Gasteiger partial charge is 0.358 e. The first-order valence-electron chi connectivity index (χ1n) is 8.97. The molecule has 0 aliphatic heterocycles. The van der Waals surface area contributed by atoms with Gasteiger partial charge in [-0.1, -0.05) is 55.5 Å². The summed E-state index contributed by atoms with van der Waals surface area (Å²) in [6.07, 6.45) is 2.55. The first kappa shape index (κ1) is 18.9. The van der Waals surface area contributed by atoms with Gasteiger partial charge in [-0.15, -0.1) is 17.9 Å². The standard InChI is InChI=1S/C22H23N3OS/c1-3-13-23-22-25-20(15-27-22)17-11-8-12-18(14-17)24-21(26)19(4-2)16-9-6-5-7-10-16/h3,5-12,14-15,19H,1,4,13H2,2H3,(H,23,25)(H,24,26). The van der Waals surface area contributed by atoms with E-state index in [0.29, 0.717) is 6.54 Å². The van der Waals surface area contributed by atoms with Crippen molar-refractivity contribution in [1.29, 1.82) is 0 Å². The number of rotatable bonds is 8. The first-order chi connectivity index (χ1) is 13.2. The highest BCUT2D eigenvalue weighted by molar-refractivity contribution is 7.14. The molecule has 1 unspecified atom stereocenters. The number of amides is 1. The van der Waals surface area contributed by atoms with E-state index in [1.165, 1.54) is 0 Å². The lowest BCUT2D eigenvalue weighted by molar-refractivity contribution is -0.117. The van der Waals surface area contributed by atoms with Crippen molar-refractivity contribution in [2.24, 2.45) is 0 Å². The lowest BCUT2D eigenvalue weighted by Crippen LogP contribution is -2.20. The van der Waals surface area contributed by atoms with Gasteiger partial charge in [0.2, 0.25) is 5.91 Å². The van der Waals surface area contributed by atoms with Gasteiger partial charge in [-0.2, -0.15) is 0 Å². The van der Waals surface area contributed by atoms with Gasteiger partial charge in [0.1, 0.15) is 0 Å². The summed E-state index contributed by atoms with van der Waals surface area (Å²) in [5.41, 5.74) is 3.67. The molecule has 1 heterocycles. The fourth-order valence-electron chi connectivity index (χ4n) is 2.89. The maximum absolute atomic E-state index is 12.8. The molecule has 0 aliphatic carbocycles. The smallest absolute Gasteiger partial charge is 0.231 e. The van der Waals surface area contributed by atoms with Gasteiger partial charge in [0.15, 0.2) is 5.13 Å². The van der Waals surface area contributed by atoms with Crippen LogP contribution in [0, 0.1) is 0 Å². The third kappa shape index (κ3) is 4.83. The fraction of sp³-hybridized carbons (Fsp3) is 0.182. The average molecular weight is 378 g/mol. The second kappa shape index (κ2) is 9.14. The second-order valence-electron chi connectivity index (χ2n) is 6.15. The number of carbonyl (C=O) groups excluding carboxylic acids is 1. The molecule has 0 spiro atoms. The normalized spacial score (nSPS) is 11.6. The van der Waals surface area contributed by atoms with Crippen molar-refractivity contribution >= 4 is 28.1 Å². The quantitative estimate of drug-likeness (QED) is 0.507. The van der Waals surface area contributed by atoms with E-state index >= 15 is 0 Å². The van der Waals surface area contributed by atoms with E-state index < -0.39 is 0 Å². The zero-order valence-electron chi connectivity index (χ0n) is 15.3. The maximum atomic E-state index is 12.8. The fourth-order valence-corrected chi connectivity index (χ4v) is 3.62. The summed E-state index contributed by atoms with van der Waals surface area (Å²) in [4.78, 5) is 17.4. The van der Waals surface area contributed by atoms with Crippen LogP contribution in [0.15, 0.2) is 72.6 Å². The molecule has 0 aliphatic rings.